The smallest absolute Gasteiger partial charge is 0.262 e. The molecule has 5 rings (SSSR count). The van der Waals surface area contributed by atoms with E-state index < -0.39 is 0 Å². The molecule has 1 aromatic carbocycles. The topological polar surface area (TPSA) is 108 Å². The Morgan fingerprint density at radius 2 is 2.05 bits per heavy atom. The van der Waals surface area contributed by atoms with Crippen LogP contribution in [0.15, 0.2) is 63.4 Å². The maximum atomic E-state index is 13.3. The molecule has 0 radical (unpaired) electrons. The number of rotatable bonds is 9. The van der Waals surface area contributed by atoms with Crippen molar-refractivity contribution in [3.05, 3.63) is 80.1 Å². The number of halogens is 1. The monoisotopic (exact) mass is 539 g/mol. The van der Waals surface area contributed by atoms with Crippen LogP contribution >= 0.6 is 23.4 Å². The molecule has 0 aliphatic carbocycles. The molecule has 1 fully saturated rings. The number of ether oxygens (including phenoxy) is 1. The number of thioether (sulfide) groups is 1. The summed E-state index contributed by atoms with van der Waals surface area (Å²) in [6.45, 7) is 1.61. The van der Waals surface area contributed by atoms with E-state index in [4.69, 9.17) is 21.3 Å². The van der Waals surface area contributed by atoms with Gasteiger partial charge in [0.1, 0.15) is 5.65 Å². The number of amides is 1. The van der Waals surface area contributed by atoms with Gasteiger partial charge in [-0.3, -0.25) is 23.4 Å². The number of carbonyl (C=O) groups excluding carboxylic acids is 1. The lowest BCUT2D eigenvalue weighted by atomic mass is 10.2. The predicted octanol–water partition coefficient (Wildman–Crippen LogP) is 3.43. The zero-order valence-electron chi connectivity index (χ0n) is 20.1. The van der Waals surface area contributed by atoms with Gasteiger partial charge in [0.25, 0.3) is 11.1 Å². The lowest BCUT2D eigenvalue weighted by molar-refractivity contribution is -0.121. The number of benzene rings is 1. The highest BCUT2D eigenvalue weighted by Gasteiger charge is 2.17. The van der Waals surface area contributed by atoms with Crippen molar-refractivity contribution in [2.75, 3.05) is 13.2 Å². The van der Waals surface area contributed by atoms with E-state index in [-0.39, 0.29) is 23.1 Å². The number of pyridine rings is 1. The third kappa shape index (κ3) is 6.03. The Morgan fingerprint density at radius 1 is 1.19 bits per heavy atom. The molecule has 37 heavy (non-hydrogen) atoms. The zero-order valence-corrected chi connectivity index (χ0v) is 21.6. The van der Waals surface area contributed by atoms with Crippen LogP contribution in [-0.2, 0) is 21.8 Å². The Bertz CT molecular complexity index is 1560. The van der Waals surface area contributed by atoms with Crippen molar-refractivity contribution in [3.63, 3.8) is 0 Å². The number of carbonyl (C=O) groups is 1. The number of nitrogens with one attached hydrogen (secondary N) is 1. The summed E-state index contributed by atoms with van der Waals surface area (Å²) in [6.07, 6.45) is 4.39. The van der Waals surface area contributed by atoms with E-state index in [1.54, 1.807) is 34.9 Å². The summed E-state index contributed by atoms with van der Waals surface area (Å²) in [5, 5.41) is 4.40. The minimum Gasteiger partial charge on any atom is -0.376 e. The van der Waals surface area contributed by atoms with E-state index in [1.165, 1.54) is 28.4 Å². The van der Waals surface area contributed by atoms with Crippen LogP contribution in [0.5, 0.6) is 0 Å². The van der Waals surface area contributed by atoms with Gasteiger partial charge < -0.3 is 10.1 Å². The van der Waals surface area contributed by atoms with Gasteiger partial charge in [0.15, 0.2) is 5.16 Å². The van der Waals surface area contributed by atoms with E-state index in [2.05, 4.69) is 10.3 Å². The van der Waals surface area contributed by atoms with Crippen molar-refractivity contribution in [2.45, 2.75) is 49.2 Å². The number of para-hydroxylation sites is 1. The van der Waals surface area contributed by atoms with Crippen LogP contribution in [0.1, 0.15) is 31.4 Å². The molecule has 1 N–H and O–H groups in total. The summed E-state index contributed by atoms with van der Waals surface area (Å²) in [6, 6.07) is 12.0. The Kier molecular flexibility index (Phi) is 7.87. The average Bonchev–Trinajstić information content (AvgIpc) is 3.42. The number of hydrogen-bond donors (Lipinski definition) is 1. The molecule has 0 spiro atoms. The molecule has 192 valence electrons. The van der Waals surface area contributed by atoms with Crippen LogP contribution in [0.4, 0.5) is 0 Å². The van der Waals surface area contributed by atoms with E-state index in [0.717, 1.165) is 19.4 Å². The van der Waals surface area contributed by atoms with Crippen LogP contribution < -0.4 is 16.4 Å². The zero-order chi connectivity index (χ0) is 25.8. The third-order valence-corrected chi connectivity index (χ3v) is 7.42. The Morgan fingerprint density at radius 3 is 2.89 bits per heavy atom. The van der Waals surface area contributed by atoms with E-state index in [0.29, 0.717) is 64.1 Å². The van der Waals surface area contributed by atoms with Gasteiger partial charge in [-0.25, -0.2) is 9.97 Å². The number of fused-ring (bicyclic) bond motifs is 2. The molecule has 1 atom stereocenters. The van der Waals surface area contributed by atoms with Crippen LogP contribution in [0, 0.1) is 0 Å². The molecule has 0 bridgehead atoms. The second kappa shape index (κ2) is 11.5. The molecule has 11 heteroatoms. The summed E-state index contributed by atoms with van der Waals surface area (Å²) in [5.74, 6) is 0.286. The largest absolute Gasteiger partial charge is 0.376 e. The highest BCUT2D eigenvalue weighted by Crippen LogP contribution is 2.22. The predicted molar refractivity (Wildman–Crippen MR) is 143 cm³/mol. The van der Waals surface area contributed by atoms with E-state index in [1.807, 2.05) is 6.07 Å². The van der Waals surface area contributed by atoms with Crippen molar-refractivity contribution in [1.82, 2.24) is 24.3 Å². The molecule has 0 saturated carbocycles. The highest BCUT2D eigenvalue weighted by molar-refractivity contribution is 7.98. The van der Waals surface area contributed by atoms with Gasteiger partial charge in [-0.05, 0) is 43.5 Å². The van der Waals surface area contributed by atoms with Crippen molar-refractivity contribution >= 4 is 45.8 Å². The van der Waals surface area contributed by atoms with E-state index in [9.17, 15) is 14.4 Å². The highest BCUT2D eigenvalue weighted by atomic mass is 35.5. The summed E-state index contributed by atoms with van der Waals surface area (Å²) in [4.78, 5) is 47.4. The fraction of sp³-hybridized carbons (Fsp3) is 0.346. The Balaban J connectivity index is 1.32. The maximum absolute atomic E-state index is 13.3. The average molecular weight is 540 g/mol. The lowest BCUT2D eigenvalue weighted by Crippen LogP contribution is -2.32. The second-order valence-electron chi connectivity index (χ2n) is 8.86. The van der Waals surface area contributed by atoms with Gasteiger partial charge in [0.05, 0.1) is 27.7 Å². The molecule has 1 amide bonds. The number of nitrogens with zero attached hydrogens (tertiary/aromatic N) is 4. The van der Waals surface area contributed by atoms with Crippen molar-refractivity contribution in [3.8, 4) is 0 Å². The molecular weight excluding hydrogens is 514 g/mol. The summed E-state index contributed by atoms with van der Waals surface area (Å²) < 4.78 is 8.54. The fourth-order valence-electron chi connectivity index (χ4n) is 4.31. The van der Waals surface area contributed by atoms with Gasteiger partial charge in [0, 0.05) is 44.1 Å². The minimum absolute atomic E-state index is 0.0626. The number of aromatic nitrogens is 4. The first-order valence-corrected chi connectivity index (χ1v) is 13.5. The van der Waals surface area contributed by atoms with Crippen molar-refractivity contribution in [2.24, 2.45) is 0 Å². The molecule has 3 aromatic heterocycles. The van der Waals surface area contributed by atoms with Gasteiger partial charge in [-0.15, -0.1) is 0 Å². The van der Waals surface area contributed by atoms with Gasteiger partial charge in [-0.2, -0.15) is 0 Å². The quantitative estimate of drug-likeness (QED) is 0.256. The van der Waals surface area contributed by atoms with Crippen molar-refractivity contribution < 1.29 is 9.53 Å². The Labute approximate surface area is 221 Å². The van der Waals surface area contributed by atoms with Gasteiger partial charge in [0.2, 0.25) is 5.91 Å². The minimum atomic E-state index is -0.235. The molecule has 1 saturated heterocycles. The van der Waals surface area contributed by atoms with Gasteiger partial charge in [-0.1, -0.05) is 35.5 Å². The van der Waals surface area contributed by atoms with Crippen LogP contribution in [0.3, 0.4) is 0 Å². The maximum Gasteiger partial charge on any atom is 0.262 e. The number of hydrogen-bond acceptors (Lipinski definition) is 7. The van der Waals surface area contributed by atoms with Crippen molar-refractivity contribution in [1.29, 1.82) is 0 Å². The molecule has 1 aliphatic heterocycles. The summed E-state index contributed by atoms with van der Waals surface area (Å²) in [7, 11) is 0. The first kappa shape index (κ1) is 25.4. The summed E-state index contributed by atoms with van der Waals surface area (Å²) >= 11 is 7.33. The van der Waals surface area contributed by atoms with Crippen LogP contribution in [-0.4, -0.2) is 44.1 Å². The van der Waals surface area contributed by atoms with Crippen LogP contribution in [0.25, 0.3) is 16.6 Å². The molecule has 9 nitrogen and oxygen atoms in total. The molecular formula is C26H26ClN5O4S. The molecule has 4 aromatic rings. The molecule has 1 aliphatic rings. The first-order valence-electron chi connectivity index (χ1n) is 12.2. The third-order valence-electron chi connectivity index (χ3n) is 6.19. The Hall–Kier alpha value is -3.21. The van der Waals surface area contributed by atoms with Crippen LogP contribution in [0.2, 0.25) is 5.02 Å². The molecule has 0 unspecified atom stereocenters. The lowest BCUT2D eigenvalue weighted by Gasteiger charge is -2.14. The molecule has 4 heterocycles. The van der Waals surface area contributed by atoms with Gasteiger partial charge >= 0.3 is 0 Å². The standard InChI is InChI=1S/C26H26ClN5O4S/c27-17-9-10-22-29-18(13-24(34)32(22)15-17)16-37-26-30-21-7-2-1-6-20(21)25(35)31(26)11-3-8-23(33)28-14-19-5-4-12-36-19/h1-2,6-7,9-10,13,15,19H,3-5,8,11-12,14,16H2,(H,28,33)/t19-/m0/s1. The SMILES string of the molecule is O=C(CCCn1c(SCc2cc(=O)n3cc(Cl)ccc3n2)nc2ccccc2c1=O)NC[C@@H]1CCCO1. The summed E-state index contributed by atoms with van der Waals surface area (Å²) in [5.41, 5.74) is 1.27. The second-order valence-corrected chi connectivity index (χ2v) is 10.2. The first-order chi connectivity index (χ1) is 18.0. The normalized spacial score (nSPS) is 15.4. The fourth-order valence-corrected chi connectivity index (χ4v) is 5.39. The van der Waals surface area contributed by atoms with E-state index >= 15 is 0 Å².